The highest BCUT2D eigenvalue weighted by atomic mass is 16.5. The summed E-state index contributed by atoms with van der Waals surface area (Å²) in [5, 5.41) is 0. The van der Waals surface area contributed by atoms with Crippen LogP contribution in [0.4, 0.5) is 0 Å². The van der Waals surface area contributed by atoms with Crippen molar-refractivity contribution in [1.29, 1.82) is 0 Å². The molecule has 0 atom stereocenters. The number of aryl methyl sites for hydroxylation is 1. The van der Waals surface area contributed by atoms with Gasteiger partial charge in [0.25, 0.3) is 0 Å². The Morgan fingerprint density at radius 2 is 1.73 bits per heavy atom. The molecule has 0 spiro atoms. The lowest BCUT2D eigenvalue weighted by atomic mass is 9.52. The second kappa shape index (κ2) is 6.33. The van der Waals surface area contributed by atoms with Crippen molar-refractivity contribution in [3.8, 4) is 0 Å². The number of methoxy groups -OCH3 is 1. The van der Waals surface area contributed by atoms with Crippen LogP contribution in [0.15, 0.2) is 24.3 Å². The third-order valence-corrected chi connectivity index (χ3v) is 8.30. The van der Waals surface area contributed by atoms with Gasteiger partial charge in [0.15, 0.2) is 5.69 Å². The maximum atomic E-state index is 12.9. The van der Waals surface area contributed by atoms with Crippen LogP contribution in [0.3, 0.4) is 0 Å². The van der Waals surface area contributed by atoms with Crippen LogP contribution >= 0.6 is 0 Å². The monoisotopic (exact) mass is 406 g/mol. The largest absolute Gasteiger partial charge is 0.464 e. The smallest absolute Gasteiger partial charge is 0.357 e. The number of benzene rings is 1. The van der Waals surface area contributed by atoms with E-state index in [-0.39, 0.29) is 11.5 Å². The van der Waals surface area contributed by atoms with Gasteiger partial charge in [-0.05, 0) is 75.5 Å². The molecule has 4 aliphatic carbocycles. The highest BCUT2D eigenvalue weighted by molar-refractivity contribution is 5.93. The molecule has 0 amide bonds. The van der Waals surface area contributed by atoms with Gasteiger partial charge in [-0.3, -0.25) is 9.30 Å². The molecule has 0 aliphatic heterocycles. The van der Waals surface area contributed by atoms with E-state index < -0.39 is 0 Å². The summed E-state index contributed by atoms with van der Waals surface area (Å²) in [6.45, 7) is 0.687. The first-order valence-electron chi connectivity index (χ1n) is 11.2. The predicted octanol–water partition coefficient (Wildman–Crippen LogP) is 4.01. The number of carbonyl (C=O) groups is 1. The summed E-state index contributed by atoms with van der Waals surface area (Å²) in [6, 6.07) is 8.13. The summed E-state index contributed by atoms with van der Waals surface area (Å²) in [6.07, 6.45) is 8.21. The summed E-state index contributed by atoms with van der Waals surface area (Å²) in [4.78, 5) is 20.4. The number of aromatic nitrogens is 3. The first kappa shape index (κ1) is 18.4. The highest BCUT2D eigenvalue weighted by Gasteiger charge is 2.52. The van der Waals surface area contributed by atoms with Crippen LogP contribution < -0.4 is 0 Å². The standard InChI is InChI=1S/C24H30N4O2/c1-26(24-11-15-8-16(12-24)10-17(9-15)13-24)14-18-21(22(29)30-3)28-20-7-5-4-6-19(20)27(2)23(28)25-18/h4-7,15-17H,8-14H2,1-3H3. The van der Waals surface area contributed by atoms with Crippen LogP contribution in [0, 0.1) is 17.8 Å². The molecule has 30 heavy (non-hydrogen) atoms. The summed E-state index contributed by atoms with van der Waals surface area (Å²) in [5.74, 6) is 3.16. The van der Waals surface area contributed by atoms with E-state index >= 15 is 0 Å². The molecule has 158 valence electrons. The number of hydrogen-bond acceptors (Lipinski definition) is 4. The lowest BCUT2D eigenvalue weighted by Crippen LogP contribution is -2.58. The minimum absolute atomic E-state index is 0.278. The minimum Gasteiger partial charge on any atom is -0.464 e. The Kier molecular flexibility index (Phi) is 3.89. The van der Waals surface area contributed by atoms with E-state index in [2.05, 4.69) is 22.6 Å². The molecule has 7 rings (SSSR count). The highest BCUT2D eigenvalue weighted by Crippen LogP contribution is 2.57. The summed E-state index contributed by atoms with van der Waals surface area (Å²) in [5.41, 5.74) is 3.73. The number of rotatable bonds is 4. The Morgan fingerprint density at radius 1 is 1.13 bits per heavy atom. The van der Waals surface area contributed by atoms with Gasteiger partial charge in [0.05, 0.1) is 23.8 Å². The molecule has 2 heterocycles. The van der Waals surface area contributed by atoms with Gasteiger partial charge in [0.2, 0.25) is 5.78 Å². The molecule has 3 aromatic rings. The van der Waals surface area contributed by atoms with E-state index in [0.717, 1.165) is 40.3 Å². The zero-order chi connectivity index (χ0) is 20.6. The van der Waals surface area contributed by atoms with Crippen LogP contribution in [-0.4, -0.2) is 44.5 Å². The number of para-hydroxylation sites is 2. The first-order valence-corrected chi connectivity index (χ1v) is 11.2. The Labute approximate surface area is 176 Å². The third kappa shape index (κ3) is 2.46. The summed E-state index contributed by atoms with van der Waals surface area (Å²) < 4.78 is 9.25. The summed E-state index contributed by atoms with van der Waals surface area (Å²) in [7, 11) is 5.72. The average Bonchev–Trinajstić information content (AvgIpc) is 3.22. The molecule has 1 aromatic carbocycles. The number of carbonyl (C=O) groups excluding carboxylic acids is 1. The number of imidazole rings is 2. The van der Waals surface area contributed by atoms with E-state index in [9.17, 15) is 4.79 Å². The molecule has 0 N–H and O–H groups in total. The van der Waals surface area contributed by atoms with Crippen LogP contribution in [0.25, 0.3) is 16.8 Å². The topological polar surface area (TPSA) is 51.8 Å². The van der Waals surface area contributed by atoms with Gasteiger partial charge in [0.1, 0.15) is 0 Å². The van der Waals surface area contributed by atoms with Crippen molar-refractivity contribution in [2.75, 3.05) is 14.2 Å². The molecular formula is C24H30N4O2. The second-order valence-corrected chi connectivity index (χ2v) is 10.1. The van der Waals surface area contributed by atoms with Crippen LogP contribution in [0.5, 0.6) is 0 Å². The lowest BCUT2D eigenvalue weighted by Gasteiger charge is -2.60. The van der Waals surface area contributed by atoms with Crippen LogP contribution in [0.2, 0.25) is 0 Å². The van der Waals surface area contributed by atoms with Gasteiger partial charge >= 0.3 is 5.97 Å². The van der Waals surface area contributed by atoms with E-state index in [4.69, 9.17) is 9.72 Å². The molecule has 2 aromatic heterocycles. The summed E-state index contributed by atoms with van der Waals surface area (Å²) >= 11 is 0. The maximum absolute atomic E-state index is 12.9. The fourth-order valence-electron chi connectivity index (χ4n) is 7.29. The van der Waals surface area contributed by atoms with E-state index in [0.29, 0.717) is 12.2 Å². The molecule has 0 unspecified atom stereocenters. The normalized spacial score (nSPS) is 30.1. The molecule has 0 saturated heterocycles. The second-order valence-electron chi connectivity index (χ2n) is 10.1. The number of fused-ring (bicyclic) bond motifs is 3. The van der Waals surface area contributed by atoms with Crippen molar-refractivity contribution in [2.24, 2.45) is 24.8 Å². The molecule has 4 bridgehead atoms. The molecular weight excluding hydrogens is 376 g/mol. The fraction of sp³-hybridized carbons (Fsp3) is 0.583. The van der Waals surface area contributed by atoms with E-state index in [1.54, 1.807) is 0 Å². The number of nitrogens with zero attached hydrogens (tertiary/aromatic N) is 4. The number of hydrogen-bond donors (Lipinski definition) is 0. The van der Waals surface area contributed by atoms with Crippen molar-refractivity contribution in [2.45, 2.75) is 50.6 Å². The number of esters is 1. The van der Waals surface area contributed by atoms with Gasteiger partial charge < -0.3 is 9.30 Å². The van der Waals surface area contributed by atoms with Crippen molar-refractivity contribution in [3.63, 3.8) is 0 Å². The molecule has 4 saturated carbocycles. The van der Waals surface area contributed by atoms with Crippen LogP contribution in [-0.2, 0) is 18.3 Å². The Balaban J connectivity index is 1.43. The number of ether oxygens (including phenoxy) is 1. The SMILES string of the molecule is COC(=O)c1c(CN(C)C23CC4CC(CC(C4)C2)C3)nc2n(C)c3ccccc3n12. The van der Waals surface area contributed by atoms with Gasteiger partial charge in [-0.1, -0.05) is 12.1 Å². The van der Waals surface area contributed by atoms with Gasteiger partial charge in [0, 0.05) is 19.1 Å². The lowest BCUT2D eigenvalue weighted by molar-refractivity contribution is -0.0825. The zero-order valence-electron chi connectivity index (χ0n) is 18.1. The fourth-order valence-corrected chi connectivity index (χ4v) is 7.29. The van der Waals surface area contributed by atoms with Crippen molar-refractivity contribution < 1.29 is 9.53 Å². The average molecular weight is 407 g/mol. The predicted molar refractivity (Wildman–Crippen MR) is 115 cm³/mol. The van der Waals surface area contributed by atoms with Gasteiger partial charge in [-0.2, -0.15) is 0 Å². The zero-order valence-corrected chi connectivity index (χ0v) is 18.1. The maximum Gasteiger partial charge on any atom is 0.357 e. The minimum atomic E-state index is -0.312. The molecule has 6 heteroatoms. The van der Waals surface area contributed by atoms with Gasteiger partial charge in [-0.15, -0.1) is 0 Å². The Morgan fingerprint density at radius 3 is 2.33 bits per heavy atom. The quantitative estimate of drug-likeness (QED) is 0.614. The molecule has 0 radical (unpaired) electrons. The molecule has 4 aliphatic rings. The van der Waals surface area contributed by atoms with Crippen LogP contribution in [0.1, 0.15) is 54.7 Å². The third-order valence-electron chi connectivity index (χ3n) is 8.30. The first-order chi connectivity index (χ1) is 14.5. The van der Waals surface area contributed by atoms with E-state index in [1.807, 2.05) is 29.6 Å². The van der Waals surface area contributed by atoms with Crippen molar-refractivity contribution in [1.82, 2.24) is 18.9 Å². The molecule has 4 fully saturated rings. The Hall–Kier alpha value is -2.34. The van der Waals surface area contributed by atoms with Gasteiger partial charge in [-0.25, -0.2) is 9.78 Å². The van der Waals surface area contributed by atoms with E-state index in [1.165, 1.54) is 45.6 Å². The Bertz CT molecular complexity index is 1120. The van der Waals surface area contributed by atoms with Crippen molar-refractivity contribution >= 4 is 22.8 Å². The van der Waals surface area contributed by atoms with Crippen molar-refractivity contribution in [3.05, 3.63) is 35.7 Å². The molecule has 6 nitrogen and oxygen atoms in total.